The SMILES string of the molecule is CCC(C)(C)N(C)C(=O)c1ccnc(NN)c1F. The quantitative estimate of drug-likeness (QED) is 0.634. The summed E-state index contributed by atoms with van der Waals surface area (Å²) in [7, 11) is 1.65. The highest BCUT2D eigenvalue weighted by Gasteiger charge is 2.28. The lowest BCUT2D eigenvalue weighted by molar-refractivity contribution is 0.0615. The Morgan fingerprint density at radius 1 is 1.61 bits per heavy atom. The molecule has 1 heterocycles. The number of nitrogens with zero attached hydrogens (tertiary/aromatic N) is 2. The molecule has 0 saturated carbocycles. The van der Waals surface area contributed by atoms with Gasteiger partial charge in [-0.2, -0.15) is 0 Å². The number of pyridine rings is 1. The average Bonchev–Trinajstić information content (AvgIpc) is 2.37. The van der Waals surface area contributed by atoms with Crippen LogP contribution in [0.2, 0.25) is 0 Å². The third-order valence-corrected chi connectivity index (χ3v) is 3.33. The highest BCUT2D eigenvalue weighted by Crippen LogP contribution is 2.22. The fraction of sp³-hybridized carbons (Fsp3) is 0.500. The predicted octanol–water partition coefficient (Wildman–Crippen LogP) is 1.77. The molecule has 0 aromatic carbocycles. The van der Waals surface area contributed by atoms with Crippen molar-refractivity contribution in [1.29, 1.82) is 0 Å². The molecule has 1 amide bonds. The summed E-state index contributed by atoms with van der Waals surface area (Å²) >= 11 is 0. The van der Waals surface area contributed by atoms with Gasteiger partial charge in [-0.25, -0.2) is 15.2 Å². The van der Waals surface area contributed by atoms with E-state index in [1.165, 1.54) is 17.2 Å². The molecule has 5 nitrogen and oxygen atoms in total. The van der Waals surface area contributed by atoms with Crippen LogP contribution in [-0.2, 0) is 0 Å². The van der Waals surface area contributed by atoms with E-state index in [1.807, 2.05) is 20.8 Å². The van der Waals surface area contributed by atoms with Crippen molar-refractivity contribution >= 4 is 11.7 Å². The molecule has 18 heavy (non-hydrogen) atoms. The van der Waals surface area contributed by atoms with E-state index in [9.17, 15) is 9.18 Å². The number of nitrogens with two attached hydrogens (primary N) is 1. The number of nitrogen functional groups attached to an aromatic ring is 1. The van der Waals surface area contributed by atoms with Gasteiger partial charge in [0, 0.05) is 18.8 Å². The molecule has 0 saturated heterocycles. The van der Waals surface area contributed by atoms with Crippen LogP contribution in [0.15, 0.2) is 12.3 Å². The number of aromatic nitrogens is 1. The Hall–Kier alpha value is -1.69. The molecule has 0 atom stereocenters. The number of halogens is 1. The molecule has 6 heteroatoms. The van der Waals surface area contributed by atoms with Crippen LogP contribution >= 0.6 is 0 Å². The van der Waals surface area contributed by atoms with E-state index in [4.69, 9.17) is 5.84 Å². The monoisotopic (exact) mass is 254 g/mol. The van der Waals surface area contributed by atoms with Crippen molar-refractivity contribution in [1.82, 2.24) is 9.88 Å². The van der Waals surface area contributed by atoms with E-state index in [-0.39, 0.29) is 16.9 Å². The fourth-order valence-corrected chi connectivity index (χ4v) is 1.40. The highest BCUT2D eigenvalue weighted by atomic mass is 19.1. The molecule has 0 spiro atoms. The van der Waals surface area contributed by atoms with E-state index in [1.54, 1.807) is 7.05 Å². The first kappa shape index (κ1) is 14.4. The van der Waals surface area contributed by atoms with Crippen molar-refractivity contribution in [2.45, 2.75) is 32.7 Å². The van der Waals surface area contributed by atoms with Crippen LogP contribution < -0.4 is 11.3 Å². The van der Waals surface area contributed by atoms with Gasteiger partial charge in [0.15, 0.2) is 11.6 Å². The minimum Gasteiger partial charge on any atom is -0.337 e. The smallest absolute Gasteiger partial charge is 0.257 e. The fourth-order valence-electron chi connectivity index (χ4n) is 1.40. The number of carbonyl (C=O) groups excluding carboxylic acids is 1. The lowest BCUT2D eigenvalue weighted by Crippen LogP contribution is -2.44. The molecule has 0 radical (unpaired) electrons. The van der Waals surface area contributed by atoms with Gasteiger partial charge in [0.1, 0.15) is 0 Å². The summed E-state index contributed by atoms with van der Waals surface area (Å²) in [5.74, 6) is 3.87. The summed E-state index contributed by atoms with van der Waals surface area (Å²) in [5.41, 5.74) is 1.74. The number of hydrogen-bond donors (Lipinski definition) is 2. The second kappa shape index (κ2) is 5.30. The molecule has 0 bridgehead atoms. The maximum atomic E-state index is 13.9. The normalized spacial score (nSPS) is 11.2. The van der Waals surface area contributed by atoms with Crippen molar-refractivity contribution < 1.29 is 9.18 Å². The first-order chi connectivity index (χ1) is 8.35. The van der Waals surface area contributed by atoms with Crippen molar-refractivity contribution in [3.05, 3.63) is 23.6 Å². The molecule has 1 aromatic rings. The zero-order chi connectivity index (χ0) is 13.9. The summed E-state index contributed by atoms with van der Waals surface area (Å²) in [6.45, 7) is 5.82. The van der Waals surface area contributed by atoms with Gasteiger partial charge in [0.25, 0.3) is 5.91 Å². The summed E-state index contributed by atoms with van der Waals surface area (Å²) in [6.07, 6.45) is 2.11. The Morgan fingerprint density at radius 3 is 2.72 bits per heavy atom. The number of hydrazine groups is 1. The molecule has 0 aliphatic heterocycles. The summed E-state index contributed by atoms with van der Waals surface area (Å²) in [5, 5.41) is 0. The topological polar surface area (TPSA) is 71.2 Å². The standard InChI is InChI=1S/C12H19FN4O/c1-5-12(2,3)17(4)11(18)8-6-7-15-10(16-14)9(8)13/h6-7H,5,14H2,1-4H3,(H,15,16). The Bertz CT molecular complexity index is 448. The zero-order valence-electron chi connectivity index (χ0n) is 11.1. The predicted molar refractivity (Wildman–Crippen MR) is 68.5 cm³/mol. The van der Waals surface area contributed by atoms with Crippen LogP contribution in [0.25, 0.3) is 0 Å². The molecule has 0 aliphatic rings. The van der Waals surface area contributed by atoms with Gasteiger partial charge in [-0.05, 0) is 26.3 Å². The van der Waals surface area contributed by atoms with Crippen molar-refractivity contribution in [3.8, 4) is 0 Å². The van der Waals surface area contributed by atoms with Gasteiger partial charge in [-0.3, -0.25) is 4.79 Å². The molecule has 0 unspecified atom stereocenters. The number of rotatable bonds is 4. The van der Waals surface area contributed by atoms with Crippen LogP contribution in [0.3, 0.4) is 0 Å². The molecule has 1 aromatic heterocycles. The molecular weight excluding hydrogens is 235 g/mol. The van der Waals surface area contributed by atoms with E-state index >= 15 is 0 Å². The largest absolute Gasteiger partial charge is 0.337 e. The third kappa shape index (κ3) is 2.59. The molecule has 1 rings (SSSR count). The first-order valence-electron chi connectivity index (χ1n) is 5.74. The van der Waals surface area contributed by atoms with Crippen LogP contribution in [-0.4, -0.2) is 28.4 Å². The van der Waals surface area contributed by atoms with E-state index in [0.29, 0.717) is 0 Å². The lowest BCUT2D eigenvalue weighted by atomic mass is 9.99. The summed E-state index contributed by atoms with van der Waals surface area (Å²) < 4.78 is 13.9. The van der Waals surface area contributed by atoms with Gasteiger partial charge < -0.3 is 10.3 Å². The van der Waals surface area contributed by atoms with Crippen LogP contribution in [0.4, 0.5) is 10.2 Å². The van der Waals surface area contributed by atoms with Gasteiger partial charge in [0.2, 0.25) is 0 Å². The number of nitrogens with one attached hydrogen (secondary N) is 1. The Kier molecular flexibility index (Phi) is 4.24. The second-order valence-electron chi connectivity index (χ2n) is 4.70. The van der Waals surface area contributed by atoms with Crippen LogP contribution in [0.5, 0.6) is 0 Å². The van der Waals surface area contributed by atoms with Crippen molar-refractivity contribution in [3.63, 3.8) is 0 Å². The second-order valence-corrected chi connectivity index (χ2v) is 4.70. The molecule has 3 N–H and O–H groups in total. The zero-order valence-corrected chi connectivity index (χ0v) is 11.1. The van der Waals surface area contributed by atoms with Crippen molar-refractivity contribution in [2.75, 3.05) is 12.5 Å². The lowest BCUT2D eigenvalue weighted by Gasteiger charge is -2.35. The van der Waals surface area contributed by atoms with E-state index in [2.05, 4.69) is 10.4 Å². The minimum atomic E-state index is -0.733. The summed E-state index contributed by atoms with van der Waals surface area (Å²) in [6, 6.07) is 1.35. The van der Waals surface area contributed by atoms with Gasteiger partial charge in [-0.1, -0.05) is 6.92 Å². The van der Waals surface area contributed by atoms with E-state index < -0.39 is 11.7 Å². The maximum Gasteiger partial charge on any atom is 0.257 e. The molecular formula is C12H19FN4O. The van der Waals surface area contributed by atoms with Gasteiger partial charge in [0.05, 0.1) is 5.56 Å². The first-order valence-corrected chi connectivity index (χ1v) is 5.74. The molecule has 100 valence electrons. The Balaban J connectivity index is 3.12. The van der Waals surface area contributed by atoms with Crippen LogP contribution in [0, 0.1) is 5.82 Å². The Labute approximate surface area is 106 Å². The Morgan fingerprint density at radius 2 is 2.22 bits per heavy atom. The van der Waals surface area contributed by atoms with E-state index in [0.717, 1.165) is 6.42 Å². The van der Waals surface area contributed by atoms with Crippen LogP contribution in [0.1, 0.15) is 37.6 Å². The third-order valence-electron chi connectivity index (χ3n) is 3.33. The van der Waals surface area contributed by atoms with Crippen molar-refractivity contribution in [2.24, 2.45) is 5.84 Å². The van der Waals surface area contributed by atoms with Gasteiger partial charge >= 0.3 is 0 Å². The number of hydrogen-bond acceptors (Lipinski definition) is 4. The number of carbonyl (C=O) groups is 1. The highest BCUT2D eigenvalue weighted by molar-refractivity contribution is 5.95. The molecule has 0 fully saturated rings. The number of amides is 1. The van der Waals surface area contributed by atoms with Gasteiger partial charge in [-0.15, -0.1) is 0 Å². The minimum absolute atomic E-state index is 0.0398. The summed E-state index contributed by atoms with van der Waals surface area (Å²) in [4.78, 5) is 17.4. The average molecular weight is 254 g/mol. The molecule has 0 aliphatic carbocycles. The number of anilines is 1. The maximum absolute atomic E-state index is 13.9.